The van der Waals surface area contributed by atoms with Gasteiger partial charge in [-0.3, -0.25) is 0 Å². The van der Waals surface area contributed by atoms with E-state index in [1.165, 1.54) is 12.5 Å². The Bertz CT molecular complexity index is 4010. The predicted octanol–water partition coefficient (Wildman–Crippen LogP) is 15.9. The Hall–Kier alpha value is -7.82. The summed E-state index contributed by atoms with van der Waals surface area (Å²) in [7, 11) is 0. The van der Waals surface area contributed by atoms with Crippen LogP contribution in [0.5, 0.6) is 5.75 Å². The molecule has 0 N–H and O–H groups in total. The molecule has 1 atom stereocenters. The van der Waals surface area contributed by atoms with Crippen LogP contribution in [0.15, 0.2) is 194 Å². The predicted molar refractivity (Wildman–Crippen MR) is 291 cm³/mol. The van der Waals surface area contributed by atoms with E-state index in [1.807, 2.05) is 24.3 Å². The monoisotopic (exact) mass is 928 g/mol. The van der Waals surface area contributed by atoms with Gasteiger partial charge in [-0.15, -0.1) is 9.13 Å². The molecule has 0 fully saturated rings. The molecule has 71 heavy (non-hydrogen) atoms. The van der Waals surface area contributed by atoms with Crippen molar-refractivity contribution in [2.45, 2.75) is 78.3 Å². The quantitative estimate of drug-likeness (QED) is 0.146. The van der Waals surface area contributed by atoms with Gasteiger partial charge in [-0.25, -0.2) is 0 Å². The van der Waals surface area contributed by atoms with Crippen LogP contribution in [0.4, 0.5) is 0 Å². The summed E-state index contributed by atoms with van der Waals surface area (Å²) >= 11 is 0. The zero-order valence-electron chi connectivity index (χ0n) is 47.0. The molecule has 4 nitrogen and oxygen atoms in total. The van der Waals surface area contributed by atoms with Crippen molar-refractivity contribution in [3.63, 3.8) is 0 Å². The summed E-state index contributed by atoms with van der Waals surface area (Å²) in [6.45, 7) is 6.15. The zero-order chi connectivity index (χ0) is 53.6. The molecule has 0 amide bonds. The molecule has 13 rings (SSSR count). The van der Waals surface area contributed by atoms with E-state index in [1.54, 1.807) is 0 Å². The number of para-hydroxylation sites is 1. The highest BCUT2D eigenvalue weighted by molar-refractivity contribution is 5.99. The minimum Gasteiger partial charge on any atom is -0.392 e. The molecule has 5 heterocycles. The van der Waals surface area contributed by atoms with Gasteiger partial charge < -0.3 is 4.74 Å². The molecule has 3 aliphatic heterocycles. The number of pyridine rings is 1. The number of benzene rings is 8. The second-order valence-electron chi connectivity index (χ2n) is 21.4. The lowest BCUT2D eigenvalue weighted by atomic mass is 9.78. The van der Waals surface area contributed by atoms with Gasteiger partial charge in [0.25, 0.3) is 0 Å². The summed E-state index contributed by atoms with van der Waals surface area (Å²) in [5.41, 5.74) is 16.1. The van der Waals surface area contributed by atoms with E-state index in [-0.39, 0.29) is 11.3 Å². The number of hydrogen-bond acceptors (Lipinski definition) is 1. The SMILES string of the molecule is [2H]C([2H])([2H])C(C)(c1cc(C(C)(C)C)cc2c1OC13c4c(cc(-c5ccccc5)cc4-c4cc(-c5ccc(-c6ccccc6)cc5)cc[n+]41)-c1cccc4c1[n+]3c-2n4-c1ccc(-c2ccccc2)c(CC(C)C)c1)C([2H])([2H])[2H]. The largest absolute Gasteiger partial charge is 0.499 e. The first-order valence-corrected chi connectivity index (χ1v) is 24.9. The Labute approximate surface area is 426 Å². The van der Waals surface area contributed by atoms with Gasteiger partial charge in [0.05, 0.1) is 5.56 Å². The average Bonchev–Trinajstić information content (AvgIpc) is 2.44. The van der Waals surface area contributed by atoms with Gasteiger partial charge in [-0.05, 0) is 127 Å². The standard InChI is InChI=1S/C67H59N3O/c1-42(2)35-50-36-52(31-32-53(50)47-23-16-11-17-24-47)69-59-26-18-25-54-55-37-49(44-21-14-10-15-22-44)38-56-60-39-48(46-29-27-45(28-30-46)43-19-12-9-13-20-43)33-34-68(60)67(61(55)56)70(62(54)59)64(69)57-40-51(65(3,4)5)41-58(63(57)71-67)66(6,7)8/h9-34,36-42H,35H2,1-8H3/q+2/i6D3,7D3. The van der Waals surface area contributed by atoms with Crippen molar-refractivity contribution in [2.24, 2.45) is 5.92 Å². The van der Waals surface area contributed by atoms with Crippen molar-refractivity contribution in [2.75, 3.05) is 0 Å². The van der Waals surface area contributed by atoms with Crippen molar-refractivity contribution in [1.29, 1.82) is 0 Å². The second-order valence-corrected chi connectivity index (χ2v) is 21.4. The summed E-state index contributed by atoms with van der Waals surface area (Å²) < 4.78 is 70.2. The number of imidazole rings is 1. The number of fused-ring (bicyclic) bond motifs is 5. The summed E-state index contributed by atoms with van der Waals surface area (Å²) in [6, 6.07) is 66.1. The highest BCUT2D eigenvalue weighted by Crippen LogP contribution is 2.56. The lowest BCUT2D eigenvalue weighted by Gasteiger charge is -2.36. The van der Waals surface area contributed by atoms with Crippen LogP contribution in [0.1, 0.15) is 85.7 Å². The molecule has 346 valence electrons. The molecule has 0 aliphatic carbocycles. The molecule has 0 saturated carbocycles. The van der Waals surface area contributed by atoms with E-state index in [2.05, 4.69) is 218 Å². The first-order chi connectivity index (χ1) is 36.8. The van der Waals surface area contributed by atoms with Crippen molar-refractivity contribution in [3.8, 4) is 89.7 Å². The van der Waals surface area contributed by atoms with E-state index in [9.17, 15) is 8.22 Å². The number of hydrogen-bond donors (Lipinski definition) is 0. The van der Waals surface area contributed by atoms with Gasteiger partial charge in [-0.2, -0.15) is 4.57 Å². The minimum absolute atomic E-state index is 0.122. The third-order valence-corrected chi connectivity index (χ3v) is 15.0. The van der Waals surface area contributed by atoms with Crippen LogP contribution in [0, 0.1) is 5.92 Å². The molecule has 3 aliphatic rings. The third-order valence-electron chi connectivity index (χ3n) is 15.0. The summed E-state index contributed by atoms with van der Waals surface area (Å²) in [5.74, 6) is -0.179. The van der Waals surface area contributed by atoms with Crippen LogP contribution in [-0.2, 0) is 23.1 Å². The third kappa shape index (κ3) is 6.57. The van der Waals surface area contributed by atoms with Crippen LogP contribution in [0.3, 0.4) is 0 Å². The van der Waals surface area contributed by atoms with Crippen LogP contribution in [0.2, 0.25) is 0 Å². The van der Waals surface area contributed by atoms with Crippen LogP contribution in [-0.4, -0.2) is 4.57 Å². The highest BCUT2D eigenvalue weighted by Gasteiger charge is 2.69. The number of rotatable bonds is 7. The molecule has 4 heteroatoms. The lowest BCUT2D eigenvalue weighted by molar-refractivity contribution is -0.997. The number of aromatic nitrogens is 3. The number of ether oxygens (including phenoxy) is 1. The van der Waals surface area contributed by atoms with Crippen molar-refractivity contribution >= 4 is 11.0 Å². The number of nitrogens with zero attached hydrogens (tertiary/aromatic N) is 3. The van der Waals surface area contributed by atoms with Gasteiger partial charge in [0, 0.05) is 37.0 Å². The summed E-state index contributed by atoms with van der Waals surface area (Å²) in [4.78, 5) is 0. The Morgan fingerprint density at radius 2 is 1.18 bits per heavy atom. The van der Waals surface area contributed by atoms with Gasteiger partial charge in [0.15, 0.2) is 23.0 Å². The van der Waals surface area contributed by atoms with Crippen molar-refractivity contribution < 1.29 is 22.1 Å². The first-order valence-electron chi connectivity index (χ1n) is 27.9. The van der Waals surface area contributed by atoms with E-state index in [4.69, 9.17) is 4.74 Å². The fourth-order valence-electron chi connectivity index (χ4n) is 11.7. The smallest absolute Gasteiger partial charge is 0.392 e. The fraction of sp³-hybridized carbons (Fsp3) is 0.194. The molecule has 10 aromatic rings. The Morgan fingerprint density at radius 3 is 1.85 bits per heavy atom. The van der Waals surface area contributed by atoms with Gasteiger partial charge in [0.2, 0.25) is 5.69 Å². The molecule has 1 unspecified atom stereocenters. The molecular formula is C67H59N3O+2. The molecule has 1 spiro atoms. The fourth-order valence-corrected chi connectivity index (χ4v) is 11.7. The van der Waals surface area contributed by atoms with E-state index in [0.29, 0.717) is 11.5 Å². The molecular weight excluding hydrogens is 863 g/mol. The topological polar surface area (TPSA) is 21.9 Å². The van der Waals surface area contributed by atoms with E-state index < -0.39 is 30.4 Å². The molecule has 8 aromatic carbocycles. The Kier molecular flexibility index (Phi) is 8.14. The molecule has 0 saturated heterocycles. The Morgan fingerprint density at radius 1 is 0.549 bits per heavy atom. The van der Waals surface area contributed by atoms with E-state index >= 15 is 0 Å². The highest BCUT2D eigenvalue weighted by atomic mass is 16.5. The van der Waals surface area contributed by atoms with Gasteiger partial charge in [-0.1, -0.05) is 183 Å². The summed E-state index contributed by atoms with van der Waals surface area (Å²) in [6.07, 6.45) is 2.93. The second kappa shape index (κ2) is 15.6. The maximum Gasteiger partial charge on any atom is 0.499 e. The van der Waals surface area contributed by atoms with Crippen LogP contribution < -0.4 is 13.9 Å². The van der Waals surface area contributed by atoms with Gasteiger partial charge in [0.1, 0.15) is 16.8 Å². The molecule has 0 radical (unpaired) electrons. The minimum atomic E-state index is -2.98. The first kappa shape index (κ1) is 37.1. The van der Waals surface area contributed by atoms with E-state index in [0.717, 1.165) is 107 Å². The summed E-state index contributed by atoms with van der Waals surface area (Å²) in [5, 5.41) is 0. The van der Waals surface area contributed by atoms with Gasteiger partial charge >= 0.3 is 11.7 Å². The Balaban J connectivity index is 1.19. The van der Waals surface area contributed by atoms with Crippen molar-refractivity contribution in [3.05, 3.63) is 217 Å². The lowest BCUT2D eigenvalue weighted by Crippen LogP contribution is -2.78. The average molecular weight is 928 g/mol. The normalized spacial score (nSPS) is 16.7. The molecule has 0 bridgehead atoms. The maximum absolute atomic E-state index is 9.22. The van der Waals surface area contributed by atoms with Crippen LogP contribution in [0.25, 0.3) is 95.0 Å². The van der Waals surface area contributed by atoms with Crippen molar-refractivity contribution in [1.82, 2.24) is 4.57 Å². The maximum atomic E-state index is 9.22. The van der Waals surface area contributed by atoms with Crippen LogP contribution >= 0.6 is 0 Å². The molecule has 2 aromatic heterocycles. The zero-order valence-corrected chi connectivity index (χ0v) is 41.0.